The van der Waals surface area contributed by atoms with E-state index >= 15 is 0 Å². The van der Waals surface area contributed by atoms with E-state index in [0.717, 1.165) is 11.3 Å². The van der Waals surface area contributed by atoms with E-state index < -0.39 is 10.0 Å². The highest BCUT2D eigenvalue weighted by Crippen LogP contribution is 2.28. The average Bonchev–Trinajstić information content (AvgIpc) is 2.61. The van der Waals surface area contributed by atoms with Gasteiger partial charge in [-0.15, -0.1) is 11.3 Å². The summed E-state index contributed by atoms with van der Waals surface area (Å²) >= 11 is 11.5. The quantitative estimate of drug-likeness (QED) is 0.846. The summed E-state index contributed by atoms with van der Waals surface area (Å²) in [4.78, 5) is 0.143. The number of hydrogen-bond acceptors (Lipinski definition) is 4. The molecule has 96 valence electrons. The molecule has 0 aliphatic carbocycles. The monoisotopic (exact) mass is 312 g/mol. The molecule has 1 aromatic rings. The highest BCUT2D eigenvalue weighted by molar-refractivity contribution is 7.91. The molecule has 0 aliphatic rings. The lowest BCUT2D eigenvalue weighted by atomic mass is 10.4. The second-order valence-corrected chi connectivity index (χ2v) is 8.03. The van der Waals surface area contributed by atoms with Gasteiger partial charge in [-0.05, 0) is 26.0 Å². The lowest BCUT2D eigenvalue weighted by Gasteiger charge is -2.24. The molecule has 0 bridgehead atoms. The first-order valence-electron chi connectivity index (χ1n) is 4.80. The van der Waals surface area contributed by atoms with Crippen molar-refractivity contribution in [1.29, 1.82) is 0 Å². The zero-order valence-electron chi connectivity index (χ0n) is 9.38. The van der Waals surface area contributed by atoms with E-state index in [4.69, 9.17) is 29.6 Å². The van der Waals surface area contributed by atoms with Gasteiger partial charge in [0.25, 0.3) is 10.0 Å². The smallest absolute Gasteiger partial charge is 0.253 e. The fourth-order valence-corrected chi connectivity index (χ4v) is 4.70. The first-order chi connectivity index (χ1) is 7.75. The first-order valence-corrected chi connectivity index (χ1v) is 7.85. The van der Waals surface area contributed by atoms with E-state index in [0.29, 0.717) is 4.34 Å². The van der Waals surface area contributed by atoms with Gasteiger partial charge >= 0.3 is 0 Å². The molecule has 0 saturated heterocycles. The second-order valence-electron chi connectivity index (χ2n) is 3.67. The third-order valence-corrected chi connectivity index (χ3v) is 5.85. The molecule has 2 N–H and O–H groups in total. The number of hydrogen-bond donors (Lipinski definition) is 1. The van der Waals surface area contributed by atoms with Crippen LogP contribution in [0.4, 0.5) is 0 Å². The average molecular weight is 313 g/mol. The van der Waals surface area contributed by atoms with Crippen molar-refractivity contribution in [1.82, 2.24) is 4.31 Å². The highest BCUT2D eigenvalue weighted by Gasteiger charge is 2.28. The summed E-state index contributed by atoms with van der Waals surface area (Å²) in [6.45, 7) is 3.57. The van der Waals surface area contributed by atoms with Crippen LogP contribution in [0.1, 0.15) is 13.8 Å². The third-order valence-electron chi connectivity index (χ3n) is 2.00. The Morgan fingerprint density at radius 2 is 2.18 bits per heavy atom. The Labute approximate surface area is 115 Å². The molecule has 0 saturated carbocycles. The van der Waals surface area contributed by atoms with E-state index in [2.05, 4.69) is 0 Å². The van der Waals surface area contributed by atoms with Crippen LogP contribution in [0.15, 0.2) is 16.3 Å². The molecule has 0 fully saturated rings. The molecule has 0 spiro atoms. The van der Waals surface area contributed by atoms with Crippen LogP contribution in [0.25, 0.3) is 0 Å². The van der Waals surface area contributed by atoms with Gasteiger partial charge in [0, 0.05) is 6.04 Å². The van der Waals surface area contributed by atoms with Gasteiger partial charge in [0.1, 0.15) is 4.21 Å². The minimum Gasteiger partial charge on any atom is -0.392 e. The molecule has 4 nitrogen and oxygen atoms in total. The van der Waals surface area contributed by atoms with Gasteiger partial charge in [-0.2, -0.15) is 4.31 Å². The van der Waals surface area contributed by atoms with Crippen LogP contribution in [0.3, 0.4) is 0 Å². The maximum absolute atomic E-state index is 12.3. The van der Waals surface area contributed by atoms with Crippen LogP contribution in [-0.4, -0.2) is 30.3 Å². The summed E-state index contributed by atoms with van der Waals surface area (Å²) in [7, 11) is -3.57. The van der Waals surface area contributed by atoms with Gasteiger partial charge in [0.05, 0.1) is 15.9 Å². The maximum Gasteiger partial charge on any atom is 0.253 e. The number of thiophene rings is 1. The number of nitrogens with zero attached hydrogens (tertiary/aromatic N) is 1. The SMILES string of the molecule is CC(C)N(CC(N)=S)S(=O)(=O)c1ccc(Cl)s1. The van der Waals surface area contributed by atoms with Crippen molar-refractivity contribution in [3.63, 3.8) is 0 Å². The van der Waals surface area contributed by atoms with Crippen LogP contribution in [0.2, 0.25) is 4.34 Å². The van der Waals surface area contributed by atoms with Crippen molar-refractivity contribution in [3.8, 4) is 0 Å². The van der Waals surface area contributed by atoms with Gasteiger partial charge in [-0.25, -0.2) is 8.42 Å². The summed E-state index contributed by atoms with van der Waals surface area (Å²) < 4.78 is 26.5. The minimum absolute atomic E-state index is 0.0326. The molecule has 1 aromatic heterocycles. The number of rotatable bonds is 5. The molecular formula is C9H13ClN2O2S3. The Morgan fingerprint density at radius 3 is 2.53 bits per heavy atom. The minimum atomic E-state index is -3.57. The van der Waals surface area contributed by atoms with Crippen molar-refractivity contribution >= 4 is 50.2 Å². The van der Waals surface area contributed by atoms with E-state index in [1.54, 1.807) is 19.9 Å². The zero-order chi connectivity index (χ0) is 13.2. The predicted molar refractivity (Wildman–Crippen MR) is 75.1 cm³/mol. The number of nitrogens with two attached hydrogens (primary N) is 1. The highest BCUT2D eigenvalue weighted by atomic mass is 35.5. The molecule has 0 atom stereocenters. The second kappa shape index (κ2) is 5.62. The molecule has 0 aliphatic heterocycles. The number of thiocarbonyl (C=S) groups is 1. The Bertz CT molecular complexity index is 510. The Balaban J connectivity index is 3.13. The van der Waals surface area contributed by atoms with Crippen LogP contribution >= 0.6 is 35.2 Å². The summed E-state index contributed by atoms with van der Waals surface area (Å²) in [6, 6.07) is 2.82. The third kappa shape index (κ3) is 3.62. The van der Waals surface area contributed by atoms with Crippen molar-refractivity contribution in [2.24, 2.45) is 5.73 Å². The van der Waals surface area contributed by atoms with Crippen molar-refractivity contribution in [2.45, 2.75) is 24.1 Å². The number of sulfonamides is 1. The molecule has 1 rings (SSSR count). The van der Waals surface area contributed by atoms with E-state index in [1.165, 1.54) is 10.4 Å². The molecule has 0 radical (unpaired) electrons. The summed E-state index contributed by atoms with van der Waals surface area (Å²) in [5, 5.41) is 0. The lowest BCUT2D eigenvalue weighted by Crippen LogP contribution is -2.41. The van der Waals surface area contributed by atoms with Crippen LogP contribution in [-0.2, 0) is 10.0 Å². The van der Waals surface area contributed by atoms with Gasteiger partial charge in [0.15, 0.2) is 0 Å². The molecule has 0 aromatic carbocycles. The summed E-state index contributed by atoms with van der Waals surface area (Å²) in [5.74, 6) is 0. The molecule has 8 heteroatoms. The molecule has 17 heavy (non-hydrogen) atoms. The van der Waals surface area contributed by atoms with Crippen molar-refractivity contribution in [3.05, 3.63) is 16.5 Å². The summed E-state index contributed by atoms with van der Waals surface area (Å²) in [6.07, 6.45) is 0. The normalized spacial score (nSPS) is 12.3. The van der Waals surface area contributed by atoms with E-state index in [-0.39, 0.29) is 21.8 Å². The maximum atomic E-state index is 12.3. The van der Waals surface area contributed by atoms with Gasteiger partial charge in [-0.1, -0.05) is 23.8 Å². The number of halogens is 1. The Kier molecular flexibility index (Phi) is 4.91. The fraction of sp³-hybridized carbons (Fsp3) is 0.444. The van der Waals surface area contributed by atoms with Crippen molar-refractivity contribution < 1.29 is 8.42 Å². The van der Waals surface area contributed by atoms with Gasteiger partial charge < -0.3 is 5.73 Å². The largest absolute Gasteiger partial charge is 0.392 e. The van der Waals surface area contributed by atoms with Crippen LogP contribution in [0, 0.1) is 0 Å². The summed E-state index contributed by atoms with van der Waals surface area (Å²) in [5.41, 5.74) is 5.41. The van der Waals surface area contributed by atoms with Crippen LogP contribution in [0.5, 0.6) is 0 Å². The van der Waals surface area contributed by atoms with Gasteiger partial charge in [0.2, 0.25) is 0 Å². The van der Waals surface area contributed by atoms with E-state index in [1.807, 2.05) is 0 Å². The van der Waals surface area contributed by atoms with E-state index in [9.17, 15) is 8.42 Å². The molecule has 1 heterocycles. The topological polar surface area (TPSA) is 63.4 Å². The fourth-order valence-electron chi connectivity index (χ4n) is 1.25. The lowest BCUT2D eigenvalue weighted by molar-refractivity contribution is 0.392. The standard InChI is InChI=1S/C9H13ClN2O2S3/c1-6(2)12(5-8(11)15)17(13,14)9-4-3-7(10)16-9/h3-4,6H,5H2,1-2H3,(H2,11,15). The molecular weight excluding hydrogens is 300 g/mol. The predicted octanol–water partition coefficient (Wildman–Crippen LogP) is 2.09. The van der Waals surface area contributed by atoms with Crippen LogP contribution < -0.4 is 5.73 Å². The van der Waals surface area contributed by atoms with Gasteiger partial charge in [-0.3, -0.25) is 0 Å². The molecule has 0 amide bonds. The Morgan fingerprint density at radius 1 is 1.59 bits per heavy atom. The Hall–Kier alpha value is -0.210. The van der Waals surface area contributed by atoms with Crippen molar-refractivity contribution in [2.75, 3.05) is 6.54 Å². The first kappa shape index (κ1) is 14.8. The molecule has 0 unspecified atom stereocenters. The zero-order valence-corrected chi connectivity index (χ0v) is 12.6.